The standard InChI is InChI=1S/C17H21N5O/c23-17(22-7-1-2-8-22)16-14-5-9-21(12-15(14)19-20-16)11-13-4-3-6-18-10-13/h3-4,6,10H,1-2,5,7-9,11-12H2,(H,19,20). The van der Waals surface area contributed by atoms with E-state index in [4.69, 9.17) is 0 Å². The molecule has 1 N–H and O–H groups in total. The number of likely N-dealkylation sites (tertiary alicyclic amines) is 1. The summed E-state index contributed by atoms with van der Waals surface area (Å²) < 4.78 is 0. The lowest BCUT2D eigenvalue weighted by Gasteiger charge is -2.26. The zero-order chi connectivity index (χ0) is 15.6. The van der Waals surface area contributed by atoms with E-state index in [1.54, 1.807) is 6.20 Å². The van der Waals surface area contributed by atoms with E-state index in [1.165, 1.54) is 5.56 Å². The number of aromatic amines is 1. The number of amides is 1. The van der Waals surface area contributed by atoms with Crippen molar-refractivity contribution in [3.63, 3.8) is 0 Å². The number of hydrogen-bond donors (Lipinski definition) is 1. The third-order valence-electron chi connectivity index (χ3n) is 4.74. The van der Waals surface area contributed by atoms with Crippen LogP contribution in [0.25, 0.3) is 0 Å². The number of fused-ring (bicyclic) bond motifs is 1. The van der Waals surface area contributed by atoms with Gasteiger partial charge in [0, 0.05) is 50.7 Å². The minimum atomic E-state index is 0.0979. The second-order valence-corrected chi connectivity index (χ2v) is 6.35. The summed E-state index contributed by atoms with van der Waals surface area (Å²) in [6.45, 7) is 4.37. The molecule has 0 bridgehead atoms. The number of nitrogens with zero attached hydrogens (tertiary/aromatic N) is 4. The van der Waals surface area contributed by atoms with E-state index >= 15 is 0 Å². The minimum Gasteiger partial charge on any atom is -0.337 e. The van der Waals surface area contributed by atoms with Crippen molar-refractivity contribution in [2.75, 3.05) is 19.6 Å². The summed E-state index contributed by atoms with van der Waals surface area (Å²) in [5.41, 5.74) is 4.05. The van der Waals surface area contributed by atoms with E-state index in [2.05, 4.69) is 26.1 Å². The summed E-state index contributed by atoms with van der Waals surface area (Å²) in [4.78, 5) is 21.0. The fraction of sp³-hybridized carbons (Fsp3) is 0.471. The van der Waals surface area contributed by atoms with Gasteiger partial charge in [0.15, 0.2) is 5.69 Å². The molecule has 1 fully saturated rings. The lowest BCUT2D eigenvalue weighted by molar-refractivity contribution is 0.0785. The molecule has 2 aliphatic heterocycles. The molecule has 4 heterocycles. The SMILES string of the molecule is O=C(c1n[nH]c2c1CCN(Cc1cccnc1)C2)N1CCCC1. The molecule has 23 heavy (non-hydrogen) atoms. The highest BCUT2D eigenvalue weighted by molar-refractivity contribution is 5.94. The number of rotatable bonds is 3. The van der Waals surface area contributed by atoms with Gasteiger partial charge in [-0.1, -0.05) is 6.07 Å². The van der Waals surface area contributed by atoms with Crippen LogP contribution in [-0.2, 0) is 19.5 Å². The molecule has 0 unspecified atom stereocenters. The third-order valence-corrected chi connectivity index (χ3v) is 4.74. The van der Waals surface area contributed by atoms with Crippen LogP contribution in [0, 0.1) is 0 Å². The highest BCUT2D eigenvalue weighted by atomic mass is 16.2. The number of nitrogens with one attached hydrogen (secondary N) is 1. The predicted octanol–water partition coefficient (Wildman–Crippen LogP) is 1.60. The highest BCUT2D eigenvalue weighted by Gasteiger charge is 2.28. The second kappa shape index (κ2) is 6.12. The molecule has 1 saturated heterocycles. The molecule has 0 atom stereocenters. The smallest absolute Gasteiger partial charge is 0.274 e. The second-order valence-electron chi connectivity index (χ2n) is 6.35. The van der Waals surface area contributed by atoms with Crippen LogP contribution in [0.5, 0.6) is 0 Å². The van der Waals surface area contributed by atoms with Crippen LogP contribution in [0.4, 0.5) is 0 Å². The Morgan fingerprint density at radius 2 is 2.13 bits per heavy atom. The van der Waals surface area contributed by atoms with Gasteiger partial charge in [0.25, 0.3) is 5.91 Å². The number of carbonyl (C=O) groups is 1. The molecule has 2 aromatic heterocycles. The van der Waals surface area contributed by atoms with Crippen LogP contribution in [-0.4, -0.2) is 50.5 Å². The number of hydrogen-bond acceptors (Lipinski definition) is 4. The minimum absolute atomic E-state index is 0.0979. The van der Waals surface area contributed by atoms with Crippen molar-refractivity contribution >= 4 is 5.91 Å². The average molecular weight is 311 g/mol. The Balaban J connectivity index is 1.47. The molecule has 4 rings (SSSR count). The van der Waals surface area contributed by atoms with Crippen molar-refractivity contribution in [2.24, 2.45) is 0 Å². The van der Waals surface area contributed by atoms with Gasteiger partial charge in [-0.3, -0.25) is 19.8 Å². The Hall–Kier alpha value is -2.21. The monoisotopic (exact) mass is 311 g/mol. The molecule has 0 aliphatic carbocycles. The molecule has 2 aliphatic rings. The van der Waals surface area contributed by atoms with Crippen molar-refractivity contribution in [2.45, 2.75) is 32.4 Å². The molecule has 0 aromatic carbocycles. The molecule has 0 radical (unpaired) electrons. The summed E-state index contributed by atoms with van der Waals surface area (Å²) in [6.07, 6.45) is 6.79. The molecular weight excluding hydrogens is 290 g/mol. The van der Waals surface area contributed by atoms with Crippen molar-refractivity contribution in [3.05, 3.63) is 47.0 Å². The molecule has 0 spiro atoms. The number of aromatic nitrogens is 3. The van der Waals surface area contributed by atoms with Crippen LogP contribution < -0.4 is 0 Å². The summed E-state index contributed by atoms with van der Waals surface area (Å²) in [7, 11) is 0. The number of pyridine rings is 1. The van der Waals surface area contributed by atoms with Crippen LogP contribution in [0.15, 0.2) is 24.5 Å². The van der Waals surface area contributed by atoms with Crippen LogP contribution in [0.2, 0.25) is 0 Å². The quantitative estimate of drug-likeness (QED) is 0.935. The molecule has 0 saturated carbocycles. The zero-order valence-electron chi connectivity index (χ0n) is 13.2. The number of H-pyrrole nitrogens is 1. The lowest BCUT2D eigenvalue weighted by atomic mass is 10.0. The van der Waals surface area contributed by atoms with Crippen molar-refractivity contribution in [3.8, 4) is 0 Å². The van der Waals surface area contributed by atoms with E-state index < -0.39 is 0 Å². The maximum atomic E-state index is 12.6. The lowest BCUT2D eigenvalue weighted by Crippen LogP contribution is -2.32. The van der Waals surface area contributed by atoms with Crippen molar-refractivity contribution < 1.29 is 4.79 Å². The van der Waals surface area contributed by atoms with E-state index in [0.717, 1.165) is 63.2 Å². The van der Waals surface area contributed by atoms with E-state index in [9.17, 15) is 4.79 Å². The molecule has 120 valence electrons. The normalized spacial score (nSPS) is 18.2. The highest BCUT2D eigenvalue weighted by Crippen LogP contribution is 2.23. The first-order chi connectivity index (χ1) is 11.3. The summed E-state index contributed by atoms with van der Waals surface area (Å²) in [5.74, 6) is 0.0979. The largest absolute Gasteiger partial charge is 0.337 e. The molecule has 2 aromatic rings. The van der Waals surface area contributed by atoms with Gasteiger partial charge in [-0.15, -0.1) is 0 Å². The van der Waals surface area contributed by atoms with Gasteiger partial charge < -0.3 is 4.90 Å². The summed E-state index contributed by atoms with van der Waals surface area (Å²) >= 11 is 0. The van der Waals surface area contributed by atoms with Gasteiger partial charge in [-0.2, -0.15) is 5.10 Å². The van der Waals surface area contributed by atoms with Crippen LogP contribution >= 0.6 is 0 Å². The van der Waals surface area contributed by atoms with Gasteiger partial charge in [0.1, 0.15) is 0 Å². The Morgan fingerprint density at radius 3 is 2.91 bits per heavy atom. The summed E-state index contributed by atoms with van der Waals surface area (Å²) in [6, 6.07) is 4.06. The molecule has 1 amide bonds. The van der Waals surface area contributed by atoms with Crippen molar-refractivity contribution in [1.29, 1.82) is 0 Å². The first-order valence-corrected chi connectivity index (χ1v) is 8.28. The van der Waals surface area contributed by atoms with Crippen LogP contribution in [0.3, 0.4) is 0 Å². The van der Waals surface area contributed by atoms with Gasteiger partial charge in [0.2, 0.25) is 0 Å². The van der Waals surface area contributed by atoms with E-state index in [-0.39, 0.29) is 5.91 Å². The fourth-order valence-corrected chi connectivity index (χ4v) is 3.51. The zero-order valence-corrected chi connectivity index (χ0v) is 13.2. The third kappa shape index (κ3) is 2.86. The Morgan fingerprint density at radius 1 is 1.26 bits per heavy atom. The van der Waals surface area contributed by atoms with Gasteiger partial charge >= 0.3 is 0 Å². The first kappa shape index (κ1) is 14.4. The topological polar surface area (TPSA) is 65.1 Å². The Bertz CT molecular complexity index is 690. The Kier molecular flexibility index (Phi) is 3.83. The predicted molar refractivity (Wildman–Crippen MR) is 85.8 cm³/mol. The molecule has 6 nitrogen and oxygen atoms in total. The van der Waals surface area contributed by atoms with E-state index in [1.807, 2.05) is 17.2 Å². The summed E-state index contributed by atoms with van der Waals surface area (Å²) in [5, 5.41) is 7.42. The molecule has 6 heteroatoms. The van der Waals surface area contributed by atoms with E-state index in [0.29, 0.717) is 5.69 Å². The first-order valence-electron chi connectivity index (χ1n) is 8.28. The van der Waals surface area contributed by atoms with Crippen molar-refractivity contribution in [1.82, 2.24) is 25.0 Å². The average Bonchev–Trinajstić information content (AvgIpc) is 3.25. The van der Waals surface area contributed by atoms with Gasteiger partial charge in [-0.25, -0.2) is 0 Å². The maximum absolute atomic E-state index is 12.6. The fourth-order valence-electron chi connectivity index (χ4n) is 3.51. The van der Waals surface area contributed by atoms with Gasteiger partial charge in [-0.05, 0) is 30.9 Å². The van der Waals surface area contributed by atoms with Gasteiger partial charge in [0.05, 0.1) is 5.69 Å². The molecular formula is C17H21N5O. The van der Waals surface area contributed by atoms with Crippen LogP contribution in [0.1, 0.15) is 40.2 Å². The Labute approximate surface area is 135 Å². The number of carbonyl (C=O) groups excluding carboxylic acids is 1. The maximum Gasteiger partial charge on any atom is 0.274 e.